The summed E-state index contributed by atoms with van der Waals surface area (Å²) in [5.74, 6) is 0. The first-order chi connectivity index (χ1) is 7.06. The van der Waals surface area contributed by atoms with Gasteiger partial charge in [0.2, 0.25) is 0 Å². The number of alkyl carbamates (subject to hydrolysis) is 1. The Hall–Kier alpha value is -0.810. The van der Waals surface area contributed by atoms with E-state index in [9.17, 15) is 4.79 Å². The molecular weight excluding hydrogens is 196 g/mol. The lowest BCUT2D eigenvalue weighted by Gasteiger charge is -2.16. The van der Waals surface area contributed by atoms with Crippen LogP contribution in [0, 0.1) is 0 Å². The van der Waals surface area contributed by atoms with Crippen molar-refractivity contribution in [1.29, 1.82) is 0 Å². The first-order valence-corrected chi connectivity index (χ1v) is 5.18. The van der Waals surface area contributed by atoms with E-state index in [0.717, 1.165) is 13.1 Å². The number of hydrogen-bond acceptors (Lipinski definition) is 4. The van der Waals surface area contributed by atoms with Gasteiger partial charge in [-0.25, -0.2) is 4.79 Å². The molecule has 0 spiro atoms. The van der Waals surface area contributed by atoms with Gasteiger partial charge in [-0.15, -0.1) is 0 Å². The van der Waals surface area contributed by atoms with Crippen LogP contribution in [-0.4, -0.2) is 57.5 Å². The summed E-state index contributed by atoms with van der Waals surface area (Å²) < 4.78 is 9.86. The van der Waals surface area contributed by atoms with Gasteiger partial charge >= 0.3 is 6.09 Å². The van der Waals surface area contributed by atoms with Gasteiger partial charge < -0.3 is 19.7 Å². The third-order valence-electron chi connectivity index (χ3n) is 1.78. The normalized spacial score (nSPS) is 10.8. The minimum atomic E-state index is -0.356. The molecule has 1 amide bonds. The summed E-state index contributed by atoms with van der Waals surface area (Å²) in [6.45, 7) is 6.58. The summed E-state index contributed by atoms with van der Waals surface area (Å²) in [6, 6.07) is 0. The number of carbonyl (C=O) groups is 1. The molecule has 0 heterocycles. The van der Waals surface area contributed by atoms with E-state index in [-0.39, 0.29) is 12.2 Å². The Bertz CT molecular complexity index is 174. The lowest BCUT2D eigenvalue weighted by atomic mass is 10.5. The van der Waals surface area contributed by atoms with E-state index in [1.165, 1.54) is 0 Å². The number of nitrogens with zero attached hydrogens (tertiary/aromatic N) is 1. The summed E-state index contributed by atoms with van der Waals surface area (Å²) in [6.07, 6.45) is -0.429. The summed E-state index contributed by atoms with van der Waals surface area (Å²) >= 11 is 0. The zero-order valence-corrected chi connectivity index (χ0v) is 10.1. The number of nitrogens with one attached hydrogen (secondary N) is 1. The van der Waals surface area contributed by atoms with Crippen molar-refractivity contribution in [1.82, 2.24) is 10.2 Å². The van der Waals surface area contributed by atoms with Crippen LogP contribution >= 0.6 is 0 Å². The maximum absolute atomic E-state index is 11.1. The highest BCUT2D eigenvalue weighted by Gasteiger charge is 2.04. The lowest BCUT2D eigenvalue weighted by Crippen LogP contribution is -2.35. The fraction of sp³-hybridized carbons (Fsp3) is 0.900. The summed E-state index contributed by atoms with van der Waals surface area (Å²) in [5.41, 5.74) is 0. The van der Waals surface area contributed by atoms with Crippen molar-refractivity contribution in [3.63, 3.8) is 0 Å². The van der Waals surface area contributed by atoms with Crippen LogP contribution in [-0.2, 0) is 9.47 Å². The minimum absolute atomic E-state index is 0.0729. The highest BCUT2D eigenvalue weighted by atomic mass is 16.6. The van der Waals surface area contributed by atoms with Crippen molar-refractivity contribution in [2.75, 3.05) is 40.4 Å². The van der Waals surface area contributed by atoms with Gasteiger partial charge in [0.05, 0.1) is 12.7 Å². The highest BCUT2D eigenvalue weighted by molar-refractivity contribution is 5.67. The SMILES string of the molecule is COCCN(C)CCNC(=O)OC(C)C. The van der Waals surface area contributed by atoms with E-state index in [0.29, 0.717) is 13.2 Å². The Morgan fingerprint density at radius 3 is 2.60 bits per heavy atom. The predicted molar refractivity (Wildman–Crippen MR) is 59.0 cm³/mol. The maximum Gasteiger partial charge on any atom is 0.407 e. The van der Waals surface area contributed by atoms with Crippen molar-refractivity contribution >= 4 is 6.09 Å². The summed E-state index contributed by atoms with van der Waals surface area (Å²) in [4.78, 5) is 13.2. The van der Waals surface area contributed by atoms with Crippen molar-refractivity contribution in [2.45, 2.75) is 20.0 Å². The van der Waals surface area contributed by atoms with E-state index < -0.39 is 0 Å². The lowest BCUT2D eigenvalue weighted by molar-refractivity contribution is 0.114. The van der Waals surface area contributed by atoms with E-state index in [2.05, 4.69) is 10.2 Å². The Morgan fingerprint density at radius 1 is 1.40 bits per heavy atom. The number of amides is 1. The van der Waals surface area contributed by atoms with Gasteiger partial charge in [-0.1, -0.05) is 0 Å². The molecule has 0 atom stereocenters. The van der Waals surface area contributed by atoms with Gasteiger partial charge in [-0.05, 0) is 20.9 Å². The van der Waals surface area contributed by atoms with Crippen molar-refractivity contribution in [3.05, 3.63) is 0 Å². The number of hydrogen-bond donors (Lipinski definition) is 1. The van der Waals surface area contributed by atoms with Crippen LogP contribution in [0.4, 0.5) is 4.79 Å². The molecule has 90 valence electrons. The predicted octanol–water partition coefficient (Wildman–Crippen LogP) is 0.699. The molecule has 5 heteroatoms. The molecule has 0 aliphatic rings. The van der Waals surface area contributed by atoms with Crippen molar-refractivity contribution < 1.29 is 14.3 Å². The molecule has 15 heavy (non-hydrogen) atoms. The average Bonchev–Trinajstić information content (AvgIpc) is 2.13. The topological polar surface area (TPSA) is 50.8 Å². The Morgan fingerprint density at radius 2 is 2.07 bits per heavy atom. The second-order valence-corrected chi connectivity index (χ2v) is 3.68. The van der Waals surface area contributed by atoms with Crippen LogP contribution in [0.25, 0.3) is 0 Å². The van der Waals surface area contributed by atoms with E-state index >= 15 is 0 Å². The van der Waals surface area contributed by atoms with Crippen LogP contribution < -0.4 is 5.32 Å². The number of methoxy groups -OCH3 is 1. The van der Waals surface area contributed by atoms with Crippen molar-refractivity contribution in [2.24, 2.45) is 0 Å². The second kappa shape index (κ2) is 8.49. The van der Waals surface area contributed by atoms with Crippen LogP contribution in [0.15, 0.2) is 0 Å². The molecule has 0 aromatic carbocycles. The van der Waals surface area contributed by atoms with Crippen LogP contribution in [0.2, 0.25) is 0 Å². The van der Waals surface area contributed by atoms with Crippen LogP contribution in [0.3, 0.4) is 0 Å². The zero-order chi connectivity index (χ0) is 11.7. The monoisotopic (exact) mass is 218 g/mol. The molecule has 5 nitrogen and oxygen atoms in total. The zero-order valence-electron chi connectivity index (χ0n) is 10.1. The Balaban J connectivity index is 3.40. The Kier molecular flexibility index (Phi) is 8.04. The highest BCUT2D eigenvalue weighted by Crippen LogP contribution is 1.88. The fourth-order valence-electron chi connectivity index (χ4n) is 0.963. The molecule has 0 saturated heterocycles. The van der Waals surface area contributed by atoms with Gasteiger partial charge in [-0.2, -0.15) is 0 Å². The maximum atomic E-state index is 11.1. The minimum Gasteiger partial charge on any atom is -0.447 e. The number of carbonyl (C=O) groups excluding carboxylic acids is 1. The third-order valence-corrected chi connectivity index (χ3v) is 1.78. The molecule has 0 bridgehead atoms. The fourth-order valence-corrected chi connectivity index (χ4v) is 0.963. The standard InChI is InChI=1S/C10H22N2O3/c1-9(2)15-10(13)11-5-6-12(3)7-8-14-4/h9H,5-8H2,1-4H3,(H,11,13). The molecule has 0 fully saturated rings. The third kappa shape index (κ3) is 9.49. The molecule has 1 N–H and O–H groups in total. The molecular formula is C10H22N2O3. The number of likely N-dealkylation sites (N-methyl/N-ethyl adjacent to an activating group) is 1. The molecule has 0 aliphatic heterocycles. The largest absolute Gasteiger partial charge is 0.447 e. The summed E-state index contributed by atoms with van der Waals surface area (Å²) in [7, 11) is 3.65. The van der Waals surface area contributed by atoms with E-state index in [1.54, 1.807) is 7.11 Å². The van der Waals surface area contributed by atoms with E-state index in [4.69, 9.17) is 9.47 Å². The van der Waals surface area contributed by atoms with Gasteiger partial charge in [0.25, 0.3) is 0 Å². The Labute approximate surface area is 91.7 Å². The molecule has 0 rings (SSSR count). The van der Waals surface area contributed by atoms with Gasteiger partial charge in [-0.3, -0.25) is 0 Å². The van der Waals surface area contributed by atoms with Gasteiger partial charge in [0, 0.05) is 26.7 Å². The molecule has 0 saturated carbocycles. The number of ether oxygens (including phenoxy) is 2. The first kappa shape index (κ1) is 14.2. The molecule has 0 unspecified atom stereocenters. The van der Waals surface area contributed by atoms with E-state index in [1.807, 2.05) is 20.9 Å². The smallest absolute Gasteiger partial charge is 0.407 e. The second-order valence-electron chi connectivity index (χ2n) is 3.68. The average molecular weight is 218 g/mol. The van der Waals surface area contributed by atoms with Crippen molar-refractivity contribution in [3.8, 4) is 0 Å². The van der Waals surface area contributed by atoms with Crippen LogP contribution in [0.1, 0.15) is 13.8 Å². The quantitative estimate of drug-likeness (QED) is 0.683. The van der Waals surface area contributed by atoms with Gasteiger partial charge in [0.15, 0.2) is 0 Å². The molecule has 0 aliphatic carbocycles. The molecule has 0 aromatic heterocycles. The molecule has 0 aromatic rings. The molecule has 0 radical (unpaired) electrons. The van der Waals surface area contributed by atoms with Gasteiger partial charge in [0.1, 0.15) is 0 Å². The first-order valence-electron chi connectivity index (χ1n) is 5.18. The van der Waals surface area contributed by atoms with Crippen LogP contribution in [0.5, 0.6) is 0 Å². The number of rotatable bonds is 7. The summed E-state index contributed by atoms with van der Waals surface area (Å²) in [5, 5.41) is 2.68.